The standard InChI is InChI=1S/C15H19ClN2/c1-2-11-5-3-4-6-14(11)18-15-9-13(16)8-7-12(15)10-17/h7-9,11,14,18H,2-6H2,1H3. The van der Waals surface area contributed by atoms with Gasteiger partial charge >= 0.3 is 0 Å². The van der Waals surface area contributed by atoms with E-state index in [0.29, 0.717) is 22.5 Å². The summed E-state index contributed by atoms with van der Waals surface area (Å²) in [6.07, 6.45) is 6.28. The zero-order valence-corrected chi connectivity index (χ0v) is 11.5. The molecule has 3 heteroatoms. The van der Waals surface area contributed by atoms with Crippen LogP contribution in [0.5, 0.6) is 0 Å². The first-order valence-electron chi connectivity index (χ1n) is 6.70. The Morgan fingerprint density at radius 1 is 1.39 bits per heavy atom. The Morgan fingerprint density at radius 3 is 2.89 bits per heavy atom. The Balaban J connectivity index is 2.17. The molecule has 0 heterocycles. The first-order chi connectivity index (χ1) is 8.74. The van der Waals surface area contributed by atoms with Gasteiger partial charge in [-0.05, 0) is 37.0 Å². The summed E-state index contributed by atoms with van der Waals surface area (Å²) < 4.78 is 0. The van der Waals surface area contributed by atoms with Gasteiger partial charge in [0.05, 0.1) is 11.3 Å². The van der Waals surface area contributed by atoms with E-state index in [2.05, 4.69) is 18.3 Å². The molecule has 2 atom stereocenters. The maximum Gasteiger partial charge on any atom is 0.101 e. The number of nitrogens with zero attached hydrogens (tertiary/aromatic N) is 1. The summed E-state index contributed by atoms with van der Waals surface area (Å²) in [6, 6.07) is 8.12. The Morgan fingerprint density at radius 2 is 2.17 bits per heavy atom. The number of rotatable bonds is 3. The third-order valence-electron chi connectivity index (χ3n) is 3.88. The SMILES string of the molecule is CCC1CCCCC1Nc1cc(Cl)ccc1C#N. The van der Waals surface area contributed by atoms with Gasteiger partial charge in [0.2, 0.25) is 0 Å². The van der Waals surface area contributed by atoms with Crippen LogP contribution in [-0.2, 0) is 0 Å². The molecule has 2 rings (SSSR count). The summed E-state index contributed by atoms with van der Waals surface area (Å²) in [7, 11) is 0. The Hall–Kier alpha value is -1.20. The fraction of sp³-hybridized carbons (Fsp3) is 0.533. The molecule has 1 aromatic rings. The second-order valence-corrected chi connectivity index (χ2v) is 5.44. The van der Waals surface area contributed by atoms with E-state index in [9.17, 15) is 0 Å². The quantitative estimate of drug-likeness (QED) is 0.865. The lowest BCUT2D eigenvalue weighted by Crippen LogP contribution is -2.32. The van der Waals surface area contributed by atoms with Crippen LogP contribution in [0.15, 0.2) is 18.2 Å². The molecule has 0 amide bonds. The van der Waals surface area contributed by atoms with E-state index in [1.165, 1.54) is 32.1 Å². The second-order valence-electron chi connectivity index (χ2n) is 5.01. The molecule has 1 fully saturated rings. The van der Waals surface area contributed by atoms with E-state index in [4.69, 9.17) is 16.9 Å². The van der Waals surface area contributed by atoms with Crippen LogP contribution in [0.4, 0.5) is 5.69 Å². The van der Waals surface area contributed by atoms with E-state index in [1.54, 1.807) is 12.1 Å². The maximum atomic E-state index is 9.13. The van der Waals surface area contributed by atoms with Gasteiger partial charge in [0, 0.05) is 11.1 Å². The molecule has 0 aromatic heterocycles. The van der Waals surface area contributed by atoms with E-state index < -0.39 is 0 Å². The summed E-state index contributed by atoms with van der Waals surface area (Å²) in [5.74, 6) is 0.712. The van der Waals surface area contributed by atoms with Crippen LogP contribution >= 0.6 is 11.6 Å². The van der Waals surface area contributed by atoms with Crippen molar-refractivity contribution in [2.24, 2.45) is 5.92 Å². The molecule has 2 nitrogen and oxygen atoms in total. The average molecular weight is 263 g/mol. The van der Waals surface area contributed by atoms with Crippen molar-refractivity contribution in [2.75, 3.05) is 5.32 Å². The molecular weight excluding hydrogens is 244 g/mol. The van der Waals surface area contributed by atoms with Gasteiger partial charge < -0.3 is 5.32 Å². The third-order valence-corrected chi connectivity index (χ3v) is 4.11. The molecule has 0 saturated heterocycles. The van der Waals surface area contributed by atoms with Gasteiger partial charge in [0.25, 0.3) is 0 Å². The van der Waals surface area contributed by atoms with Crippen LogP contribution in [0.2, 0.25) is 5.02 Å². The summed E-state index contributed by atoms with van der Waals surface area (Å²) in [6.45, 7) is 2.24. The lowest BCUT2D eigenvalue weighted by atomic mass is 9.82. The fourth-order valence-electron chi connectivity index (χ4n) is 2.82. The summed E-state index contributed by atoms with van der Waals surface area (Å²) in [5, 5.41) is 13.3. The van der Waals surface area contributed by atoms with Crippen LogP contribution < -0.4 is 5.32 Å². The van der Waals surface area contributed by atoms with E-state index in [1.807, 2.05) is 6.07 Å². The lowest BCUT2D eigenvalue weighted by molar-refractivity contribution is 0.317. The van der Waals surface area contributed by atoms with E-state index in [-0.39, 0.29) is 0 Å². The van der Waals surface area contributed by atoms with Gasteiger partial charge in [-0.1, -0.05) is 37.8 Å². The molecule has 0 radical (unpaired) electrons. The van der Waals surface area contributed by atoms with Crippen molar-refractivity contribution in [3.05, 3.63) is 28.8 Å². The number of hydrogen-bond donors (Lipinski definition) is 1. The number of nitriles is 1. The molecule has 1 N–H and O–H groups in total. The Kier molecular flexibility index (Phi) is 4.49. The van der Waals surface area contributed by atoms with Gasteiger partial charge in [-0.2, -0.15) is 5.26 Å². The zero-order chi connectivity index (χ0) is 13.0. The van der Waals surface area contributed by atoms with Crippen molar-refractivity contribution in [1.82, 2.24) is 0 Å². The number of hydrogen-bond acceptors (Lipinski definition) is 2. The monoisotopic (exact) mass is 262 g/mol. The van der Waals surface area contributed by atoms with Crippen molar-refractivity contribution in [2.45, 2.75) is 45.1 Å². The summed E-state index contributed by atoms with van der Waals surface area (Å²) in [5.41, 5.74) is 1.56. The highest BCUT2D eigenvalue weighted by Gasteiger charge is 2.24. The summed E-state index contributed by atoms with van der Waals surface area (Å²) in [4.78, 5) is 0. The Labute approximate surface area is 114 Å². The van der Waals surface area contributed by atoms with Crippen LogP contribution in [-0.4, -0.2) is 6.04 Å². The van der Waals surface area contributed by atoms with E-state index in [0.717, 1.165) is 5.69 Å². The largest absolute Gasteiger partial charge is 0.381 e. The van der Waals surface area contributed by atoms with Gasteiger partial charge in [0.1, 0.15) is 6.07 Å². The highest BCUT2D eigenvalue weighted by Crippen LogP contribution is 2.31. The average Bonchev–Trinajstić information content (AvgIpc) is 2.40. The predicted octanol–water partition coefficient (Wildman–Crippen LogP) is 4.59. The van der Waals surface area contributed by atoms with Crippen molar-refractivity contribution < 1.29 is 0 Å². The minimum atomic E-state index is 0.481. The van der Waals surface area contributed by atoms with Gasteiger partial charge in [-0.25, -0.2) is 0 Å². The number of benzene rings is 1. The highest BCUT2D eigenvalue weighted by atomic mass is 35.5. The first-order valence-corrected chi connectivity index (χ1v) is 7.08. The van der Waals surface area contributed by atoms with Crippen LogP contribution in [0.25, 0.3) is 0 Å². The molecule has 1 aliphatic rings. The number of halogens is 1. The van der Waals surface area contributed by atoms with Crippen molar-refractivity contribution >= 4 is 17.3 Å². The van der Waals surface area contributed by atoms with Crippen LogP contribution in [0.3, 0.4) is 0 Å². The molecular formula is C15H19ClN2. The zero-order valence-electron chi connectivity index (χ0n) is 10.7. The first kappa shape index (κ1) is 13.2. The topological polar surface area (TPSA) is 35.8 Å². The summed E-state index contributed by atoms with van der Waals surface area (Å²) >= 11 is 6.01. The minimum Gasteiger partial charge on any atom is -0.381 e. The molecule has 96 valence electrons. The highest BCUT2D eigenvalue weighted by molar-refractivity contribution is 6.30. The predicted molar refractivity (Wildman–Crippen MR) is 75.8 cm³/mol. The van der Waals surface area contributed by atoms with Gasteiger partial charge in [-0.15, -0.1) is 0 Å². The molecule has 1 aromatic carbocycles. The van der Waals surface area contributed by atoms with Crippen LogP contribution in [0.1, 0.15) is 44.6 Å². The fourth-order valence-corrected chi connectivity index (χ4v) is 2.99. The Bertz CT molecular complexity index is 450. The van der Waals surface area contributed by atoms with Crippen molar-refractivity contribution in [3.8, 4) is 6.07 Å². The normalized spacial score (nSPS) is 23.4. The van der Waals surface area contributed by atoms with Gasteiger partial charge in [0.15, 0.2) is 0 Å². The van der Waals surface area contributed by atoms with Crippen molar-refractivity contribution in [1.29, 1.82) is 5.26 Å². The smallest absolute Gasteiger partial charge is 0.101 e. The van der Waals surface area contributed by atoms with Crippen molar-refractivity contribution in [3.63, 3.8) is 0 Å². The van der Waals surface area contributed by atoms with Gasteiger partial charge in [-0.3, -0.25) is 0 Å². The molecule has 0 spiro atoms. The van der Waals surface area contributed by atoms with Crippen LogP contribution in [0, 0.1) is 17.2 Å². The maximum absolute atomic E-state index is 9.13. The molecule has 0 bridgehead atoms. The molecule has 0 aliphatic heterocycles. The van der Waals surface area contributed by atoms with E-state index >= 15 is 0 Å². The third kappa shape index (κ3) is 2.97. The number of anilines is 1. The molecule has 2 unspecified atom stereocenters. The molecule has 1 aliphatic carbocycles. The molecule has 18 heavy (non-hydrogen) atoms. The minimum absolute atomic E-state index is 0.481. The number of nitrogens with one attached hydrogen (secondary N) is 1. The lowest BCUT2D eigenvalue weighted by Gasteiger charge is -2.32. The molecule has 1 saturated carbocycles. The second kappa shape index (κ2) is 6.11.